The van der Waals surface area contributed by atoms with Crippen molar-refractivity contribution >= 4 is 35.3 Å². The van der Waals surface area contributed by atoms with Crippen LogP contribution in [0.2, 0.25) is 0 Å². The fourth-order valence-electron chi connectivity index (χ4n) is 3.78. The zero-order chi connectivity index (χ0) is 18.8. The molecule has 0 fully saturated rings. The highest BCUT2D eigenvalue weighted by Crippen LogP contribution is 2.37. The zero-order valence-electron chi connectivity index (χ0n) is 15.3. The van der Waals surface area contributed by atoms with Crippen LogP contribution in [0.3, 0.4) is 0 Å². The Hall–Kier alpha value is -2.53. The number of benzene rings is 2. The van der Waals surface area contributed by atoms with Crippen LogP contribution < -0.4 is 4.90 Å². The summed E-state index contributed by atoms with van der Waals surface area (Å²) in [7, 11) is 0. The van der Waals surface area contributed by atoms with Crippen molar-refractivity contribution in [1.29, 1.82) is 0 Å². The second-order valence-electron chi connectivity index (χ2n) is 6.81. The minimum atomic E-state index is -0.265. The molecular weight excluding hydrogens is 356 g/mol. The van der Waals surface area contributed by atoms with Crippen LogP contribution in [-0.2, 0) is 9.59 Å². The van der Waals surface area contributed by atoms with Gasteiger partial charge in [0.25, 0.3) is 0 Å². The van der Waals surface area contributed by atoms with Gasteiger partial charge in [-0.05, 0) is 41.5 Å². The van der Waals surface area contributed by atoms with Gasteiger partial charge in [-0.2, -0.15) is 0 Å². The smallest absolute Gasteiger partial charge is 0.229 e. The summed E-state index contributed by atoms with van der Waals surface area (Å²) in [6.45, 7) is 2.26. The van der Waals surface area contributed by atoms with E-state index in [9.17, 15) is 9.59 Å². The largest absolute Gasteiger partial charge is 0.311 e. The first-order chi connectivity index (χ1) is 13.1. The highest BCUT2D eigenvalue weighted by Gasteiger charge is 2.31. The number of carbonyl (C=O) groups excluding carboxylic acids is 2. The van der Waals surface area contributed by atoms with Crippen molar-refractivity contribution in [2.75, 3.05) is 17.2 Å². The van der Waals surface area contributed by atoms with Gasteiger partial charge in [-0.15, -0.1) is 11.8 Å². The summed E-state index contributed by atoms with van der Waals surface area (Å²) in [6, 6.07) is 15.8. The van der Waals surface area contributed by atoms with E-state index in [4.69, 9.17) is 0 Å². The first-order valence-corrected chi connectivity index (χ1v) is 10.2. The lowest BCUT2D eigenvalue weighted by Crippen LogP contribution is -2.38. The number of rotatable bonds is 2. The predicted molar refractivity (Wildman–Crippen MR) is 109 cm³/mol. The minimum absolute atomic E-state index is 0.0506. The van der Waals surface area contributed by atoms with Crippen molar-refractivity contribution in [3.05, 3.63) is 65.9 Å². The molecule has 0 unspecified atom stereocenters. The fraction of sp³-hybridized carbons (Fsp3) is 0.273. The Morgan fingerprint density at radius 3 is 2.74 bits per heavy atom. The second-order valence-corrected chi connectivity index (χ2v) is 7.94. The Labute approximate surface area is 163 Å². The summed E-state index contributed by atoms with van der Waals surface area (Å²) in [6.07, 6.45) is 4.98. The van der Waals surface area contributed by atoms with Crippen LogP contribution in [0.5, 0.6) is 0 Å². The lowest BCUT2D eigenvalue weighted by atomic mass is 9.93. The maximum absolute atomic E-state index is 13.3. The molecule has 2 aromatic carbocycles. The van der Waals surface area contributed by atoms with Gasteiger partial charge >= 0.3 is 0 Å². The number of hydrogen-bond acceptors (Lipinski definition) is 3. The topological polar surface area (TPSA) is 40.6 Å². The molecule has 0 aliphatic carbocycles. The van der Waals surface area contributed by atoms with E-state index in [0.29, 0.717) is 6.54 Å². The summed E-state index contributed by atoms with van der Waals surface area (Å²) >= 11 is 1.80. The molecule has 2 aliphatic heterocycles. The number of carbonyl (C=O) groups is 2. The van der Waals surface area contributed by atoms with Gasteiger partial charge in [-0.25, -0.2) is 0 Å². The first kappa shape index (κ1) is 17.9. The molecular formula is C22H22N2O2S. The summed E-state index contributed by atoms with van der Waals surface area (Å²) in [4.78, 5) is 30.2. The third-order valence-electron chi connectivity index (χ3n) is 5.08. The van der Waals surface area contributed by atoms with E-state index in [-0.39, 0.29) is 24.3 Å². The predicted octanol–water partition coefficient (Wildman–Crippen LogP) is 4.48. The molecule has 4 nitrogen and oxygen atoms in total. The molecule has 0 aromatic heterocycles. The molecule has 0 bridgehead atoms. The highest BCUT2D eigenvalue weighted by molar-refractivity contribution is 7.99. The maximum Gasteiger partial charge on any atom is 0.229 e. The lowest BCUT2D eigenvalue weighted by Gasteiger charge is -2.34. The van der Waals surface area contributed by atoms with Crippen LogP contribution in [0, 0.1) is 0 Å². The van der Waals surface area contributed by atoms with Gasteiger partial charge in [-0.1, -0.05) is 36.4 Å². The Kier molecular flexibility index (Phi) is 5.03. The van der Waals surface area contributed by atoms with Gasteiger partial charge in [0.15, 0.2) is 0 Å². The molecule has 27 heavy (non-hydrogen) atoms. The van der Waals surface area contributed by atoms with Gasteiger partial charge < -0.3 is 9.80 Å². The van der Waals surface area contributed by atoms with Gasteiger partial charge in [0.2, 0.25) is 11.8 Å². The Morgan fingerprint density at radius 2 is 1.89 bits per heavy atom. The number of hydrogen-bond donors (Lipinski definition) is 0. The number of para-hydroxylation sites is 1. The molecule has 2 aliphatic rings. The molecule has 0 N–H and O–H groups in total. The molecule has 2 heterocycles. The van der Waals surface area contributed by atoms with Crippen molar-refractivity contribution in [3.63, 3.8) is 0 Å². The maximum atomic E-state index is 13.3. The van der Waals surface area contributed by atoms with Gasteiger partial charge in [0, 0.05) is 24.6 Å². The molecule has 5 heteroatoms. The van der Waals surface area contributed by atoms with E-state index in [0.717, 1.165) is 33.9 Å². The standard InChI is InChI=1S/C22H22N2O2S/c1-16(25)23-13-11-17-7-2-3-8-18(17)20(23)15-22(26)24-12-6-14-27-21-10-5-4-9-19(21)24/h2-5,7-11,13,20H,6,12,14-15H2,1H3/t20-/m0/s1. The van der Waals surface area contributed by atoms with E-state index >= 15 is 0 Å². The fourth-order valence-corrected chi connectivity index (χ4v) is 4.77. The van der Waals surface area contributed by atoms with E-state index in [1.807, 2.05) is 53.4 Å². The third kappa shape index (κ3) is 3.52. The van der Waals surface area contributed by atoms with E-state index in [1.54, 1.807) is 29.8 Å². The molecule has 1 atom stereocenters. The molecule has 2 aromatic rings. The normalized spacial score (nSPS) is 18.5. The molecule has 0 radical (unpaired) electrons. The van der Waals surface area contributed by atoms with Crippen molar-refractivity contribution < 1.29 is 9.59 Å². The average Bonchev–Trinajstić information content (AvgIpc) is 2.90. The van der Waals surface area contributed by atoms with E-state index < -0.39 is 0 Å². The van der Waals surface area contributed by atoms with Crippen LogP contribution in [-0.4, -0.2) is 29.0 Å². The van der Waals surface area contributed by atoms with Gasteiger partial charge in [-0.3, -0.25) is 9.59 Å². The molecule has 138 valence electrons. The summed E-state index contributed by atoms with van der Waals surface area (Å²) in [5.41, 5.74) is 3.08. The number of amides is 2. The number of thioether (sulfide) groups is 1. The van der Waals surface area contributed by atoms with E-state index in [2.05, 4.69) is 6.07 Å². The number of anilines is 1. The third-order valence-corrected chi connectivity index (χ3v) is 6.23. The van der Waals surface area contributed by atoms with Crippen molar-refractivity contribution in [3.8, 4) is 0 Å². The molecule has 0 saturated carbocycles. The Bertz CT molecular complexity index is 909. The summed E-state index contributed by atoms with van der Waals surface area (Å²) < 4.78 is 0. The average molecular weight is 378 g/mol. The second kappa shape index (κ2) is 7.61. The van der Waals surface area contributed by atoms with Gasteiger partial charge in [0.05, 0.1) is 18.2 Å². The minimum Gasteiger partial charge on any atom is -0.311 e. The highest BCUT2D eigenvalue weighted by atomic mass is 32.2. The van der Waals surface area contributed by atoms with E-state index in [1.165, 1.54) is 0 Å². The quantitative estimate of drug-likeness (QED) is 0.774. The Morgan fingerprint density at radius 1 is 1.11 bits per heavy atom. The van der Waals surface area contributed by atoms with Gasteiger partial charge in [0.1, 0.15) is 0 Å². The summed E-state index contributed by atoms with van der Waals surface area (Å²) in [5.74, 6) is 1.02. The molecule has 2 amide bonds. The number of nitrogens with zero attached hydrogens (tertiary/aromatic N) is 2. The SMILES string of the molecule is CC(=O)N1C=Cc2ccccc2[C@@H]1CC(=O)N1CCCSc2ccccc21. The van der Waals surface area contributed by atoms with Crippen molar-refractivity contribution in [2.45, 2.75) is 30.7 Å². The first-order valence-electron chi connectivity index (χ1n) is 9.23. The molecule has 0 spiro atoms. The van der Waals surface area contributed by atoms with Crippen LogP contribution in [0.4, 0.5) is 5.69 Å². The Balaban J connectivity index is 1.65. The zero-order valence-corrected chi connectivity index (χ0v) is 16.1. The monoisotopic (exact) mass is 378 g/mol. The summed E-state index contributed by atoms with van der Waals surface area (Å²) in [5, 5.41) is 0. The van der Waals surface area contributed by atoms with Crippen molar-refractivity contribution in [1.82, 2.24) is 4.90 Å². The number of fused-ring (bicyclic) bond motifs is 2. The van der Waals surface area contributed by atoms with Crippen LogP contribution in [0.15, 0.2) is 59.6 Å². The van der Waals surface area contributed by atoms with Crippen LogP contribution in [0.25, 0.3) is 6.08 Å². The van der Waals surface area contributed by atoms with Crippen molar-refractivity contribution in [2.24, 2.45) is 0 Å². The molecule has 0 saturated heterocycles. The molecule has 4 rings (SSSR count). The van der Waals surface area contributed by atoms with Crippen LogP contribution >= 0.6 is 11.8 Å². The lowest BCUT2D eigenvalue weighted by molar-refractivity contribution is -0.129. The van der Waals surface area contributed by atoms with Crippen LogP contribution in [0.1, 0.15) is 36.9 Å².